The molecular formula is C7H11NO6S. The number of Topliss-reactive ketones (excluding diaryl/α,β-unsaturated/α-hetero) is 1. The van der Waals surface area contributed by atoms with Crippen LogP contribution in [0, 0.1) is 0 Å². The minimum atomic E-state index is -2.06. The lowest BCUT2D eigenvalue weighted by atomic mass is 10.0. The van der Waals surface area contributed by atoms with E-state index in [0.717, 1.165) is 0 Å². The van der Waals surface area contributed by atoms with Crippen LogP contribution in [0.5, 0.6) is 0 Å². The number of carbonyl (C=O) groups excluding carboxylic acids is 1. The second-order valence-corrected chi connectivity index (χ2v) is 2.86. The largest absolute Gasteiger partial charge is 0.394 e. The number of ketones is 1. The van der Waals surface area contributed by atoms with E-state index < -0.39 is 36.9 Å². The molecule has 0 rings (SSSR count). The third-order valence-corrected chi connectivity index (χ3v) is 1.73. The molecule has 0 aliphatic carbocycles. The summed E-state index contributed by atoms with van der Waals surface area (Å²) in [6.45, 7) is -0.835. The van der Waals surface area contributed by atoms with Crippen LogP contribution in [0.1, 0.15) is 0 Å². The molecule has 4 atom stereocenters. The quantitative estimate of drug-likeness (QED) is 0.246. The zero-order chi connectivity index (χ0) is 12.0. The molecule has 0 saturated heterocycles. The first-order valence-corrected chi connectivity index (χ1v) is 4.30. The lowest BCUT2D eigenvalue weighted by Gasteiger charge is -2.20. The Labute approximate surface area is 90.3 Å². The number of isothiocyanates is 1. The smallest absolute Gasteiger partial charge is 0.217 e. The van der Waals surface area contributed by atoms with Gasteiger partial charge < -0.3 is 25.5 Å². The molecular weight excluding hydrogens is 226 g/mol. The van der Waals surface area contributed by atoms with Crippen LogP contribution in [0.25, 0.3) is 0 Å². The van der Waals surface area contributed by atoms with Gasteiger partial charge in [-0.25, -0.2) is 0 Å². The fourth-order valence-corrected chi connectivity index (χ4v) is 0.853. The van der Waals surface area contributed by atoms with Crippen LogP contribution in [0.4, 0.5) is 0 Å². The fourth-order valence-electron chi connectivity index (χ4n) is 0.753. The normalized spacial score (nSPS) is 18.5. The van der Waals surface area contributed by atoms with Crippen LogP contribution < -0.4 is 0 Å². The van der Waals surface area contributed by atoms with Gasteiger partial charge in [0.1, 0.15) is 18.3 Å². The van der Waals surface area contributed by atoms with Gasteiger partial charge >= 0.3 is 0 Å². The van der Waals surface area contributed by atoms with Crippen LogP contribution in [-0.2, 0) is 4.79 Å². The predicted molar refractivity (Wildman–Crippen MR) is 51.1 cm³/mol. The molecule has 0 aromatic rings. The monoisotopic (exact) mass is 237 g/mol. The second-order valence-electron chi connectivity index (χ2n) is 2.68. The predicted octanol–water partition coefficient (Wildman–Crippen LogP) is -2.95. The van der Waals surface area contributed by atoms with Crippen molar-refractivity contribution >= 4 is 23.2 Å². The molecule has 0 aromatic carbocycles. The van der Waals surface area contributed by atoms with E-state index in [1.807, 2.05) is 0 Å². The Kier molecular flexibility index (Phi) is 6.37. The van der Waals surface area contributed by atoms with Gasteiger partial charge in [0.2, 0.25) is 12.0 Å². The van der Waals surface area contributed by atoms with Crippen LogP contribution >= 0.6 is 12.2 Å². The first-order chi connectivity index (χ1) is 6.95. The summed E-state index contributed by atoms with van der Waals surface area (Å²) in [6, 6.07) is 0. The molecule has 0 saturated carbocycles. The van der Waals surface area contributed by atoms with E-state index in [9.17, 15) is 4.79 Å². The molecule has 0 aliphatic rings. The zero-order valence-corrected chi connectivity index (χ0v) is 8.33. The molecule has 0 aromatic heterocycles. The Bertz CT molecular complexity index is 266. The Morgan fingerprint density at radius 1 is 1.33 bits per heavy atom. The third kappa shape index (κ3) is 4.10. The molecule has 5 N–H and O–H groups in total. The number of nitrogens with zero attached hydrogens (tertiary/aromatic N) is 1. The average Bonchev–Trinajstić information content (AvgIpc) is 2.25. The van der Waals surface area contributed by atoms with Crippen molar-refractivity contribution in [2.24, 2.45) is 4.99 Å². The van der Waals surface area contributed by atoms with E-state index in [1.54, 1.807) is 5.16 Å². The van der Waals surface area contributed by atoms with Gasteiger partial charge in [0.15, 0.2) is 0 Å². The van der Waals surface area contributed by atoms with Gasteiger partial charge in [-0.1, -0.05) is 0 Å². The summed E-state index contributed by atoms with van der Waals surface area (Å²) in [5.74, 6) is -1.24. The summed E-state index contributed by atoms with van der Waals surface area (Å²) in [7, 11) is 0. The molecule has 0 amide bonds. The van der Waals surface area contributed by atoms with Crippen LogP contribution in [0.15, 0.2) is 4.99 Å². The van der Waals surface area contributed by atoms with Crippen molar-refractivity contribution in [3.05, 3.63) is 0 Å². The maximum Gasteiger partial charge on any atom is 0.217 e. The van der Waals surface area contributed by atoms with E-state index in [4.69, 9.17) is 25.5 Å². The average molecular weight is 237 g/mol. The number of thiocarbonyl (C=S) groups is 1. The van der Waals surface area contributed by atoms with Crippen molar-refractivity contribution in [3.8, 4) is 0 Å². The summed E-state index contributed by atoms with van der Waals surface area (Å²) in [5.41, 5.74) is 0. The topological polar surface area (TPSA) is 131 Å². The number of hydrogen-bond donors (Lipinski definition) is 5. The number of aliphatic imine (C=N–C) groups is 1. The summed E-state index contributed by atoms with van der Waals surface area (Å²) >= 11 is 4.11. The highest BCUT2D eigenvalue weighted by atomic mass is 32.1. The molecule has 0 heterocycles. The molecule has 15 heavy (non-hydrogen) atoms. The summed E-state index contributed by atoms with van der Waals surface area (Å²) in [5, 5.41) is 46.2. The van der Waals surface area contributed by atoms with Crippen LogP contribution in [0.2, 0.25) is 0 Å². The van der Waals surface area contributed by atoms with Gasteiger partial charge in [0, 0.05) is 0 Å². The Balaban J connectivity index is 4.49. The van der Waals surface area contributed by atoms with Gasteiger partial charge in [-0.3, -0.25) is 4.79 Å². The van der Waals surface area contributed by atoms with Gasteiger partial charge in [0.05, 0.1) is 11.8 Å². The SMILES string of the molecule is O=C(C(O)N=C=S)[C@@H](O)[C@H](O)[C@H](O)CO. The summed E-state index contributed by atoms with van der Waals surface area (Å²) in [4.78, 5) is 14.0. The van der Waals surface area contributed by atoms with Gasteiger partial charge in [0.25, 0.3) is 0 Å². The van der Waals surface area contributed by atoms with Crippen molar-refractivity contribution in [1.29, 1.82) is 0 Å². The molecule has 1 unspecified atom stereocenters. The van der Waals surface area contributed by atoms with Crippen LogP contribution in [-0.4, -0.2) is 67.6 Å². The molecule has 7 nitrogen and oxygen atoms in total. The highest BCUT2D eigenvalue weighted by Crippen LogP contribution is 2.04. The van der Waals surface area contributed by atoms with Crippen LogP contribution in [0.3, 0.4) is 0 Å². The van der Waals surface area contributed by atoms with Gasteiger partial charge in [-0.05, 0) is 12.2 Å². The molecule has 0 radical (unpaired) electrons. The maximum atomic E-state index is 11.1. The maximum absolute atomic E-state index is 11.1. The standard InChI is InChI=1S/C7H11NO6S/c9-1-3(10)4(11)5(12)6(13)7(14)8-2-15/h3-5,7,9-12,14H,1H2/t3-,4-,5+,7?/m1/s1. The van der Waals surface area contributed by atoms with Crippen molar-refractivity contribution in [2.45, 2.75) is 24.5 Å². The van der Waals surface area contributed by atoms with Gasteiger partial charge in [-0.15, -0.1) is 0 Å². The lowest BCUT2D eigenvalue weighted by Crippen LogP contribution is -2.46. The van der Waals surface area contributed by atoms with Gasteiger partial charge in [-0.2, -0.15) is 4.99 Å². The lowest BCUT2D eigenvalue weighted by molar-refractivity contribution is -0.147. The zero-order valence-electron chi connectivity index (χ0n) is 7.52. The van der Waals surface area contributed by atoms with E-state index in [1.165, 1.54) is 0 Å². The molecule has 0 spiro atoms. The fraction of sp³-hybridized carbons (Fsp3) is 0.714. The van der Waals surface area contributed by atoms with Crippen molar-refractivity contribution in [2.75, 3.05) is 6.61 Å². The summed E-state index contributed by atoms with van der Waals surface area (Å²) < 4.78 is 0. The number of rotatable bonds is 6. The third-order valence-electron chi connectivity index (χ3n) is 1.63. The molecule has 86 valence electrons. The summed E-state index contributed by atoms with van der Waals surface area (Å²) in [6.07, 6.45) is -7.60. The first-order valence-electron chi connectivity index (χ1n) is 3.89. The number of carbonyl (C=O) groups is 1. The van der Waals surface area contributed by atoms with E-state index in [0.29, 0.717) is 0 Å². The van der Waals surface area contributed by atoms with E-state index in [-0.39, 0.29) is 0 Å². The number of aliphatic hydroxyl groups is 5. The van der Waals surface area contributed by atoms with Crippen molar-refractivity contribution < 1.29 is 30.3 Å². The molecule has 0 fully saturated rings. The molecule has 0 aliphatic heterocycles. The van der Waals surface area contributed by atoms with Crippen molar-refractivity contribution in [3.63, 3.8) is 0 Å². The Morgan fingerprint density at radius 2 is 1.87 bits per heavy atom. The minimum Gasteiger partial charge on any atom is -0.394 e. The first kappa shape index (κ1) is 14.3. The van der Waals surface area contributed by atoms with E-state index in [2.05, 4.69) is 17.2 Å². The number of aliphatic hydroxyl groups excluding tert-OH is 5. The molecule has 0 bridgehead atoms. The highest BCUT2D eigenvalue weighted by Gasteiger charge is 2.33. The van der Waals surface area contributed by atoms with E-state index >= 15 is 0 Å². The second kappa shape index (κ2) is 6.70. The Hall–Kier alpha value is -0.730. The minimum absolute atomic E-state index is 0.835. The molecule has 8 heteroatoms. The number of hydrogen-bond acceptors (Lipinski definition) is 8. The van der Waals surface area contributed by atoms with Crippen molar-refractivity contribution in [1.82, 2.24) is 0 Å². The Morgan fingerprint density at radius 3 is 2.27 bits per heavy atom. The highest BCUT2D eigenvalue weighted by molar-refractivity contribution is 7.78.